The van der Waals surface area contributed by atoms with Gasteiger partial charge in [0.25, 0.3) is 0 Å². The maximum atomic E-state index is 10.1. The van der Waals surface area contributed by atoms with E-state index in [9.17, 15) is 24.5 Å². The Bertz CT molecular complexity index is 231. The Morgan fingerprint density at radius 1 is 1.00 bits per heavy atom. The quantitative estimate of drug-likeness (QED) is 0.269. The van der Waals surface area contributed by atoms with Crippen LogP contribution in [0.4, 0.5) is 0 Å². The van der Waals surface area contributed by atoms with Crippen LogP contribution in [-0.4, -0.2) is 43.7 Å². The van der Waals surface area contributed by atoms with Crippen molar-refractivity contribution in [1.82, 2.24) is 0 Å². The molecular formula is C4H3NO8. The first kappa shape index (κ1) is 10.8. The molecule has 0 aliphatic heterocycles. The maximum absolute atomic E-state index is 10.1. The molecule has 0 spiro atoms. The van der Waals surface area contributed by atoms with Crippen molar-refractivity contribution in [3.63, 3.8) is 0 Å². The average molecular weight is 193 g/mol. The van der Waals surface area contributed by atoms with Crippen molar-refractivity contribution in [2.75, 3.05) is 0 Å². The van der Waals surface area contributed by atoms with Crippen LogP contribution >= 0.6 is 0 Å². The van der Waals surface area contributed by atoms with Crippen molar-refractivity contribution in [2.24, 2.45) is 0 Å². The smallest absolute Gasteiger partial charge is 0.475 e. The van der Waals surface area contributed by atoms with Crippen molar-refractivity contribution in [1.29, 1.82) is 0 Å². The van der Waals surface area contributed by atoms with Crippen LogP contribution in [0.3, 0.4) is 0 Å². The third-order valence-electron chi connectivity index (χ3n) is 1.20. The molecule has 9 heteroatoms. The fourth-order valence-electron chi connectivity index (χ4n) is 0.509. The molecule has 0 rings (SSSR count). The topological polar surface area (TPSA) is 155 Å². The summed E-state index contributed by atoms with van der Waals surface area (Å²) in [6.07, 6.45) is 0. The molecule has 0 aromatic rings. The summed E-state index contributed by atoms with van der Waals surface area (Å²) in [6, 6.07) is 0. The van der Waals surface area contributed by atoms with Gasteiger partial charge in [0.05, 0.1) is 4.92 Å². The van der Waals surface area contributed by atoms with Crippen LogP contribution in [0.1, 0.15) is 0 Å². The second-order valence-corrected chi connectivity index (χ2v) is 1.88. The molecular weight excluding hydrogens is 190 g/mol. The van der Waals surface area contributed by atoms with Crippen LogP contribution < -0.4 is 0 Å². The van der Waals surface area contributed by atoms with E-state index >= 15 is 0 Å². The molecule has 9 nitrogen and oxygen atoms in total. The van der Waals surface area contributed by atoms with Crippen LogP contribution in [0.2, 0.25) is 0 Å². The molecule has 0 radical (unpaired) electrons. The Hall–Kier alpha value is -2.19. The Morgan fingerprint density at radius 3 is 1.23 bits per heavy atom. The van der Waals surface area contributed by atoms with Gasteiger partial charge in [-0.1, -0.05) is 0 Å². The number of carbonyl (C=O) groups is 3. The molecule has 72 valence electrons. The van der Waals surface area contributed by atoms with E-state index in [-0.39, 0.29) is 0 Å². The van der Waals surface area contributed by atoms with E-state index in [2.05, 4.69) is 0 Å². The third-order valence-corrected chi connectivity index (χ3v) is 1.20. The first-order valence-corrected chi connectivity index (χ1v) is 2.62. The lowest BCUT2D eigenvalue weighted by Gasteiger charge is -2.10. The number of nitrogens with zero attached hydrogens (tertiary/aromatic N) is 1. The Kier molecular flexibility index (Phi) is 2.53. The van der Waals surface area contributed by atoms with Gasteiger partial charge in [0, 0.05) is 0 Å². The largest absolute Gasteiger partial charge is 0.502 e. The number of nitro groups is 1. The van der Waals surface area contributed by atoms with Gasteiger partial charge in [0.15, 0.2) is 0 Å². The molecule has 0 saturated heterocycles. The fraction of sp³-hybridized carbons (Fsp3) is 0.250. The van der Waals surface area contributed by atoms with Crippen molar-refractivity contribution in [3.05, 3.63) is 10.1 Å². The SMILES string of the molecule is O=C(O)C(C(=O)O)(C(=O)O)[N+](=O)[O-]. The summed E-state index contributed by atoms with van der Waals surface area (Å²) >= 11 is 0. The minimum atomic E-state index is -4.03. The molecule has 0 heterocycles. The summed E-state index contributed by atoms with van der Waals surface area (Å²) in [6.45, 7) is 0. The van der Waals surface area contributed by atoms with Gasteiger partial charge < -0.3 is 15.3 Å². The lowest BCUT2D eigenvalue weighted by Crippen LogP contribution is -2.59. The zero-order valence-corrected chi connectivity index (χ0v) is 5.83. The highest BCUT2D eigenvalue weighted by Crippen LogP contribution is 2.11. The van der Waals surface area contributed by atoms with Crippen LogP contribution in [0.15, 0.2) is 0 Å². The highest BCUT2D eigenvalue weighted by atomic mass is 16.6. The van der Waals surface area contributed by atoms with E-state index in [0.29, 0.717) is 0 Å². The molecule has 0 aliphatic rings. The number of rotatable bonds is 4. The van der Waals surface area contributed by atoms with Crippen molar-refractivity contribution in [3.8, 4) is 0 Å². The summed E-state index contributed by atoms with van der Waals surface area (Å²) in [4.78, 5) is 38.5. The van der Waals surface area contributed by atoms with Gasteiger partial charge in [0.1, 0.15) is 0 Å². The summed E-state index contributed by atoms with van der Waals surface area (Å²) in [5.41, 5.74) is -4.03. The molecule has 3 N–H and O–H groups in total. The van der Waals surface area contributed by atoms with E-state index in [0.717, 1.165) is 0 Å². The average Bonchev–Trinajstić information content (AvgIpc) is 1.82. The molecule has 0 aliphatic carbocycles. The minimum Gasteiger partial charge on any atom is -0.475 e. The van der Waals surface area contributed by atoms with Crippen LogP contribution in [0.25, 0.3) is 0 Å². The zero-order valence-electron chi connectivity index (χ0n) is 5.83. The fourth-order valence-corrected chi connectivity index (χ4v) is 0.509. The van der Waals surface area contributed by atoms with Crippen molar-refractivity contribution >= 4 is 17.9 Å². The molecule has 0 aromatic carbocycles. The van der Waals surface area contributed by atoms with Gasteiger partial charge in [-0.3, -0.25) is 10.1 Å². The molecule has 0 saturated carbocycles. The third kappa shape index (κ3) is 1.26. The zero-order chi connectivity index (χ0) is 10.8. The van der Waals surface area contributed by atoms with E-state index in [1.54, 1.807) is 0 Å². The summed E-state index contributed by atoms with van der Waals surface area (Å²) in [5.74, 6) is -7.67. The van der Waals surface area contributed by atoms with Gasteiger partial charge in [-0.15, -0.1) is 0 Å². The highest BCUT2D eigenvalue weighted by Gasteiger charge is 2.68. The first-order chi connectivity index (χ1) is 5.77. The molecule has 13 heavy (non-hydrogen) atoms. The lowest BCUT2D eigenvalue weighted by molar-refractivity contribution is -0.527. The van der Waals surface area contributed by atoms with E-state index in [1.165, 1.54) is 0 Å². The van der Waals surface area contributed by atoms with Gasteiger partial charge in [0.2, 0.25) is 0 Å². The highest BCUT2D eigenvalue weighted by molar-refractivity contribution is 6.19. The molecule has 0 amide bonds. The summed E-state index contributed by atoms with van der Waals surface area (Å²) in [5, 5.41) is 34.4. The van der Waals surface area contributed by atoms with Crippen molar-refractivity contribution in [2.45, 2.75) is 5.54 Å². The molecule has 0 aromatic heterocycles. The number of hydrogen-bond acceptors (Lipinski definition) is 5. The maximum Gasteiger partial charge on any atom is 0.502 e. The molecule has 0 fully saturated rings. The minimum absolute atomic E-state index is 1.89. The molecule has 0 unspecified atom stereocenters. The monoisotopic (exact) mass is 193 g/mol. The van der Waals surface area contributed by atoms with Crippen LogP contribution in [-0.2, 0) is 14.4 Å². The van der Waals surface area contributed by atoms with Crippen molar-refractivity contribution < 1.29 is 34.6 Å². The first-order valence-electron chi connectivity index (χ1n) is 2.62. The standard InChI is InChI=1S/C4H3NO8/c6-1(7)4(2(8)9,3(10)11)5(12)13/h(H,6,7)(H,8,9)(H,10,11). The van der Waals surface area contributed by atoms with Crippen LogP contribution in [0.5, 0.6) is 0 Å². The number of aliphatic carboxylic acids is 3. The summed E-state index contributed by atoms with van der Waals surface area (Å²) < 4.78 is 0. The van der Waals surface area contributed by atoms with Gasteiger partial charge in [-0.05, 0) is 0 Å². The van der Waals surface area contributed by atoms with Gasteiger partial charge >= 0.3 is 23.4 Å². The second kappa shape index (κ2) is 3.05. The Balaban J connectivity index is 5.60. The normalized spacial score (nSPS) is 10.5. The van der Waals surface area contributed by atoms with E-state index in [1.807, 2.05) is 0 Å². The number of carboxylic acids is 3. The van der Waals surface area contributed by atoms with Gasteiger partial charge in [-0.25, -0.2) is 14.4 Å². The summed E-state index contributed by atoms with van der Waals surface area (Å²) in [7, 11) is 0. The predicted octanol–water partition coefficient (Wildman–Crippen LogP) is -1.74. The van der Waals surface area contributed by atoms with E-state index in [4.69, 9.17) is 15.3 Å². The molecule has 0 atom stereocenters. The lowest BCUT2D eigenvalue weighted by atomic mass is 10.0. The Labute approximate surface area is 69.4 Å². The predicted molar refractivity (Wildman–Crippen MR) is 32.6 cm³/mol. The molecule has 0 bridgehead atoms. The van der Waals surface area contributed by atoms with Crippen LogP contribution in [0, 0.1) is 10.1 Å². The Morgan fingerprint density at radius 2 is 1.23 bits per heavy atom. The van der Waals surface area contributed by atoms with Gasteiger partial charge in [-0.2, -0.15) is 0 Å². The number of carboxylic acid groups (broad SMARTS) is 3. The number of hydrogen-bond donors (Lipinski definition) is 3. The second-order valence-electron chi connectivity index (χ2n) is 1.88. The van der Waals surface area contributed by atoms with E-state index < -0.39 is 28.4 Å².